The standard InChI is InChI=1S/C7H5N3O6.CH2I2O3S.Na/c1-4-6(9(13)14)2-5(8(11)12)3-7(4)10(15)16;2-1(3)7(4,5)6;/h2-3H,1H3;1H,(H,4,5,6);/q;;+1/p-1. The van der Waals surface area contributed by atoms with Crippen molar-refractivity contribution in [2.24, 2.45) is 0 Å². The first-order valence-corrected chi connectivity index (χ1v) is 9.06. The molecule has 0 spiro atoms. The molecule has 0 unspecified atom stereocenters. The largest absolute Gasteiger partial charge is 1.00 e. The van der Waals surface area contributed by atoms with Crippen molar-refractivity contribution >= 4 is 72.4 Å². The summed E-state index contributed by atoms with van der Waals surface area (Å²) >= 11 is 3.07. The number of rotatable bonds is 4. The molecule has 0 fully saturated rings. The molecule has 0 bridgehead atoms. The molecule has 0 aromatic heterocycles. The summed E-state index contributed by atoms with van der Waals surface area (Å²) in [4.78, 5) is 28.8. The summed E-state index contributed by atoms with van der Waals surface area (Å²) in [7, 11) is -4.02. The molecule has 0 heterocycles. The average Bonchev–Trinajstić information content (AvgIpc) is 2.37. The van der Waals surface area contributed by atoms with Gasteiger partial charge in [-0.05, 0) is 6.92 Å². The van der Waals surface area contributed by atoms with Gasteiger partial charge in [-0.15, -0.1) is 0 Å². The molecule has 1 aromatic rings. The minimum absolute atomic E-state index is 0. The van der Waals surface area contributed by atoms with Crippen molar-refractivity contribution in [2.45, 2.75) is 8.19 Å². The summed E-state index contributed by atoms with van der Waals surface area (Å²) in [5.74, 6) is 0. The number of hydrogen-bond donors (Lipinski definition) is 0. The van der Waals surface area contributed by atoms with Gasteiger partial charge in [0, 0.05) is 0 Å². The van der Waals surface area contributed by atoms with Crippen LogP contribution in [0.15, 0.2) is 12.1 Å². The Hall–Kier alpha value is -0.210. The van der Waals surface area contributed by atoms with Crippen molar-refractivity contribution in [3.8, 4) is 0 Å². The predicted molar refractivity (Wildman–Crippen MR) is 92.7 cm³/mol. The number of nitrogens with zero attached hydrogens (tertiary/aromatic N) is 3. The molecule has 24 heavy (non-hydrogen) atoms. The average molecular weight is 597 g/mol. The quantitative estimate of drug-likeness (QED) is 0.109. The second-order valence-corrected chi connectivity index (χ2v) is 11.7. The van der Waals surface area contributed by atoms with Crippen LogP contribution in [-0.2, 0) is 10.1 Å². The van der Waals surface area contributed by atoms with Crippen LogP contribution >= 0.6 is 45.2 Å². The summed E-state index contributed by atoms with van der Waals surface area (Å²) in [6.45, 7) is 1.17. The third kappa shape index (κ3) is 8.25. The van der Waals surface area contributed by atoms with E-state index < -0.39 is 43.2 Å². The molecule has 0 N–H and O–H groups in total. The SMILES string of the molecule is Cc1c([N+](=O)[O-])cc([N+](=O)[O-])cc1[N+](=O)[O-].O=S(=O)([O-])C(I)I.[Na+]. The molecule has 0 atom stereocenters. The molecular weight excluding hydrogens is 591 g/mol. The van der Waals surface area contributed by atoms with Crippen LogP contribution in [0.4, 0.5) is 17.1 Å². The topological polar surface area (TPSA) is 187 Å². The van der Waals surface area contributed by atoms with Gasteiger partial charge >= 0.3 is 29.6 Å². The zero-order valence-electron chi connectivity index (χ0n) is 11.9. The Kier molecular flexibility index (Phi) is 11.6. The summed E-state index contributed by atoms with van der Waals surface area (Å²) in [6, 6.07) is 1.39. The van der Waals surface area contributed by atoms with Gasteiger partial charge in [-0.25, -0.2) is 8.42 Å². The van der Waals surface area contributed by atoms with E-state index in [-0.39, 0.29) is 35.1 Å². The van der Waals surface area contributed by atoms with Crippen molar-refractivity contribution in [1.82, 2.24) is 0 Å². The maximum absolute atomic E-state index is 10.5. The third-order valence-electron chi connectivity index (χ3n) is 2.16. The fourth-order valence-corrected chi connectivity index (χ4v) is 1.15. The molecule has 0 aliphatic heterocycles. The van der Waals surface area contributed by atoms with Gasteiger partial charge in [-0.2, -0.15) is 0 Å². The Balaban J connectivity index is 0. The first kappa shape index (κ1) is 26.0. The smallest absolute Gasteiger partial charge is 0.747 e. The zero-order chi connectivity index (χ0) is 18.5. The van der Waals surface area contributed by atoms with Crippen molar-refractivity contribution in [2.75, 3.05) is 0 Å². The van der Waals surface area contributed by atoms with Crippen LogP contribution in [0.1, 0.15) is 5.56 Å². The Bertz CT molecular complexity index is 720. The molecular formula is C8H6I2N3NaO9S. The van der Waals surface area contributed by atoms with Crippen molar-refractivity contribution < 1.29 is 57.3 Å². The van der Waals surface area contributed by atoms with E-state index in [2.05, 4.69) is 0 Å². The molecule has 12 nitrogen and oxygen atoms in total. The number of nitro benzene ring substituents is 3. The molecule has 128 valence electrons. The van der Waals surface area contributed by atoms with Gasteiger partial charge in [0.2, 0.25) is 0 Å². The minimum Gasteiger partial charge on any atom is -0.747 e. The molecule has 1 rings (SSSR count). The maximum atomic E-state index is 10.5. The summed E-state index contributed by atoms with van der Waals surface area (Å²) in [6.07, 6.45) is 0. The van der Waals surface area contributed by atoms with Gasteiger partial charge in [0.05, 0.1) is 26.9 Å². The van der Waals surface area contributed by atoms with Crippen molar-refractivity contribution in [1.29, 1.82) is 0 Å². The zero-order valence-corrected chi connectivity index (χ0v) is 19.0. The van der Waals surface area contributed by atoms with E-state index in [0.29, 0.717) is 12.1 Å². The number of nitro groups is 3. The van der Waals surface area contributed by atoms with E-state index in [9.17, 15) is 43.3 Å². The molecule has 0 aliphatic carbocycles. The predicted octanol–water partition coefficient (Wildman–Crippen LogP) is -0.591. The summed E-state index contributed by atoms with van der Waals surface area (Å²) in [5.41, 5.74) is -2.16. The fraction of sp³-hybridized carbons (Fsp3) is 0.250. The molecule has 0 radical (unpaired) electrons. The van der Waals surface area contributed by atoms with Gasteiger partial charge in [0.25, 0.3) is 17.1 Å². The van der Waals surface area contributed by atoms with Crippen LogP contribution in [0.25, 0.3) is 0 Å². The van der Waals surface area contributed by atoms with Gasteiger partial charge in [0.15, 0.2) is 1.26 Å². The van der Waals surface area contributed by atoms with E-state index in [0.717, 1.165) is 0 Å². The molecule has 0 aliphatic rings. The Morgan fingerprint density at radius 2 is 1.25 bits per heavy atom. The van der Waals surface area contributed by atoms with Crippen LogP contribution in [-0.4, -0.2) is 29.0 Å². The van der Waals surface area contributed by atoms with Crippen LogP contribution in [0, 0.1) is 37.3 Å². The monoisotopic (exact) mass is 597 g/mol. The second kappa shape index (κ2) is 10.7. The van der Waals surface area contributed by atoms with Crippen LogP contribution in [0.3, 0.4) is 0 Å². The molecule has 0 saturated carbocycles. The first-order chi connectivity index (χ1) is 10.3. The second-order valence-electron chi connectivity index (χ2n) is 3.63. The Labute approximate surface area is 184 Å². The van der Waals surface area contributed by atoms with Crippen LogP contribution in [0.2, 0.25) is 0 Å². The molecule has 16 heteroatoms. The molecule has 0 amide bonds. The Morgan fingerprint density at radius 3 is 1.42 bits per heavy atom. The van der Waals surface area contributed by atoms with Crippen LogP contribution in [0.5, 0.6) is 0 Å². The summed E-state index contributed by atoms with van der Waals surface area (Å²) in [5, 5.41) is 31.5. The number of benzene rings is 1. The molecule has 0 saturated heterocycles. The number of alkyl halides is 2. The Morgan fingerprint density at radius 1 is 0.958 bits per heavy atom. The van der Waals surface area contributed by atoms with E-state index in [1.165, 1.54) is 52.1 Å². The van der Waals surface area contributed by atoms with Gasteiger partial charge in [0.1, 0.15) is 15.7 Å². The van der Waals surface area contributed by atoms with E-state index in [4.69, 9.17) is 0 Å². The van der Waals surface area contributed by atoms with Crippen molar-refractivity contribution in [3.63, 3.8) is 0 Å². The van der Waals surface area contributed by atoms with Crippen LogP contribution < -0.4 is 29.6 Å². The summed E-state index contributed by atoms with van der Waals surface area (Å²) < 4.78 is 28.4. The van der Waals surface area contributed by atoms with Gasteiger partial charge in [-0.1, -0.05) is 45.2 Å². The first-order valence-electron chi connectivity index (χ1n) is 5.09. The van der Waals surface area contributed by atoms with Crippen molar-refractivity contribution in [3.05, 3.63) is 48.0 Å². The normalized spacial score (nSPS) is 10.2. The van der Waals surface area contributed by atoms with E-state index in [1.807, 2.05) is 0 Å². The van der Waals surface area contributed by atoms with E-state index >= 15 is 0 Å². The van der Waals surface area contributed by atoms with E-state index in [1.54, 1.807) is 0 Å². The van der Waals surface area contributed by atoms with Gasteiger partial charge in [-0.3, -0.25) is 30.3 Å². The number of hydrogen-bond acceptors (Lipinski definition) is 9. The number of non-ortho nitro benzene ring substituents is 1. The third-order valence-corrected chi connectivity index (χ3v) is 6.33. The number of halogens is 2. The maximum Gasteiger partial charge on any atom is 1.00 e. The molecule has 1 aromatic carbocycles. The minimum atomic E-state index is -4.02. The van der Waals surface area contributed by atoms with Gasteiger partial charge < -0.3 is 4.55 Å². The fourth-order valence-electron chi connectivity index (χ4n) is 1.15.